The summed E-state index contributed by atoms with van der Waals surface area (Å²) < 4.78 is 53.1. The first-order chi connectivity index (χ1) is 9.70. The minimum atomic E-state index is -4.32. The Morgan fingerprint density at radius 1 is 1.10 bits per heavy atom. The smallest absolute Gasteiger partial charge is 0.264 e. The third-order valence-corrected chi connectivity index (χ3v) is 4.39. The molecule has 21 heavy (non-hydrogen) atoms. The zero-order chi connectivity index (χ0) is 15.8. The summed E-state index contributed by atoms with van der Waals surface area (Å²) in [5.41, 5.74) is 4.82. The van der Waals surface area contributed by atoms with Gasteiger partial charge in [0.15, 0.2) is 5.82 Å². The zero-order valence-corrected chi connectivity index (χ0v) is 12.5. The minimum Gasteiger partial charge on any atom is -0.396 e. The number of halogens is 4. The van der Waals surface area contributed by atoms with Crippen LogP contribution in [-0.2, 0) is 10.0 Å². The molecule has 0 aliphatic carbocycles. The monoisotopic (exact) mass is 352 g/mol. The SMILES string of the molecule is Nc1cc(Cl)cc(S(=O)(=O)Nc2ccc(F)cc2Cl)c1F. The zero-order valence-electron chi connectivity index (χ0n) is 10.2. The molecule has 0 aromatic heterocycles. The van der Waals surface area contributed by atoms with Crippen molar-refractivity contribution in [3.63, 3.8) is 0 Å². The predicted molar refractivity (Wildman–Crippen MR) is 78.0 cm³/mol. The van der Waals surface area contributed by atoms with Crippen molar-refractivity contribution in [2.24, 2.45) is 0 Å². The van der Waals surface area contributed by atoms with Crippen LogP contribution >= 0.6 is 23.2 Å². The highest BCUT2D eigenvalue weighted by molar-refractivity contribution is 7.92. The van der Waals surface area contributed by atoms with Gasteiger partial charge < -0.3 is 5.73 Å². The maximum Gasteiger partial charge on any atom is 0.264 e. The Morgan fingerprint density at radius 3 is 2.38 bits per heavy atom. The molecule has 112 valence electrons. The summed E-state index contributed by atoms with van der Waals surface area (Å²) in [6.07, 6.45) is 0. The van der Waals surface area contributed by atoms with E-state index < -0.39 is 32.2 Å². The van der Waals surface area contributed by atoms with E-state index in [1.807, 2.05) is 4.72 Å². The fourth-order valence-electron chi connectivity index (χ4n) is 1.55. The average molecular weight is 353 g/mol. The highest BCUT2D eigenvalue weighted by atomic mass is 35.5. The summed E-state index contributed by atoms with van der Waals surface area (Å²) in [7, 11) is -4.32. The number of nitrogens with two attached hydrogens (primary N) is 1. The maximum absolute atomic E-state index is 13.8. The van der Waals surface area contributed by atoms with Crippen LogP contribution in [0.3, 0.4) is 0 Å². The Hall–Kier alpha value is -1.57. The van der Waals surface area contributed by atoms with Gasteiger partial charge in [0.25, 0.3) is 10.0 Å². The first kappa shape index (κ1) is 15.8. The van der Waals surface area contributed by atoms with Gasteiger partial charge in [-0.3, -0.25) is 4.72 Å². The van der Waals surface area contributed by atoms with Crippen LogP contribution in [0.15, 0.2) is 35.2 Å². The van der Waals surface area contributed by atoms with Crippen LogP contribution in [0.4, 0.5) is 20.2 Å². The number of benzene rings is 2. The molecule has 0 radical (unpaired) electrons. The number of sulfonamides is 1. The van der Waals surface area contributed by atoms with Gasteiger partial charge >= 0.3 is 0 Å². The molecule has 0 unspecified atom stereocenters. The van der Waals surface area contributed by atoms with Gasteiger partial charge in [0, 0.05) is 5.02 Å². The number of nitrogens with one attached hydrogen (secondary N) is 1. The van der Waals surface area contributed by atoms with E-state index in [0.717, 1.165) is 30.3 Å². The van der Waals surface area contributed by atoms with Gasteiger partial charge in [-0.25, -0.2) is 17.2 Å². The quantitative estimate of drug-likeness (QED) is 0.828. The molecule has 0 heterocycles. The number of hydrogen-bond donors (Lipinski definition) is 2. The summed E-state index contributed by atoms with van der Waals surface area (Å²) >= 11 is 11.4. The molecule has 2 aromatic carbocycles. The van der Waals surface area contributed by atoms with Crippen molar-refractivity contribution in [2.45, 2.75) is 4.90 Å². The number of anilines is 2. The second-order valence-corrected chi connectivity index (χ2v) is 6.53. The molecule has 0 aliphatic heterocycles. The lowest BCUT2D eigenvalue weighted by molar-refractivity contribution is 0.573. The molecular formula is C12H8Cl2F2N2O2S. The largest absolute Gasteiger partial charge is 0.396 e. The van der Waals surface area contributed by atoms with E-state index in [-0.39, 0.29) is 15.7 Å². The minimum absolute atomic E-state index is 0.0421. The van der Waals surface area contributed by atoms with E-state index in [1.165, 1.54) is 0 Å². The van der Waals surface area contributed by atoms with Crippen LogP contribution < -0.4 is 10.5 Å². The van der Waals surface area contributed by atoms with Crippen molar-refractivity contribution >= 4 is 44.6 Å². The Bertz CT molecular complexity index is 813. The normalized spacial score (nSPS) is 11.4. The van der Waals surface area contributed by atoms with Gasteiger partial charge in [-0.05, 0) is 30.3 Å². The van der Waals surface area contributed by atoms with E-state index in [9.17, 15) is 17.2 Å². The lowest BCUT2D eigenvalue weighted by Crippen LogP contribution is -2.16. The molecule has 0 saturated carbocycles. The second-order valence-electron chi connectivity index (χ2n) is 4.04. The van der Waals surface area contributed by atoms with E-state index >= 15 is 0 Å². The fourth-order valence-corrected chi connectivity index (χ4v) is 3.33. The highest BCUT2D eigenvalue weighted by Crippen LogP contribution is 2.29. The van der Waals surface area contributed by atoms with Gasteiger partial charge in [-0.1, -0.05) is 23.2 Å². The average Bonchev–Trinajstić information content (AvgIpc) is 2.37. The molecule has 0 atom stereocenters. The van der Waals surface area contributed by atoms with Crippen LogP contribution in [0.1, 0.15) is 0 Å². The molecule has 2 rings (SSSR count). The summed E-state index contributed by atoms with van der Waals surface area (Å²) in [6.45, 7) is 0. The highest BCUT2D eigenvalue weighted by Gasteiger charge is 2.23. The number of hydrogen-bond acceptors (Lipinski definition) is 3. The summed E-state index contributed by atoms with van der Waals surface area (Å²) in [5, 5.41) is -0.214. The van der Waals surface area contributed by atoms with Crippen LogP contribution in [0.5, 0.6) is 0 Å². The molecular weight excluding hydrogens is 345 g/mol. The summed E-state index contributed by atoms with van der Waals surface area (Å²) in [4.78, 5) is -0.729. The van der Waals surface area contributed by atoms with E-state index in [2.05, 4.69) is 0 Å². The standard InChI is InChI=1S/C12H8Cl2F2N2O2S/c13-6-3-9(17)12(16)11(4-6)21(19,20)18-10-2-1-7(15)5-8(10)14/h1-5,18H,17H2. The molecule has 2 aromatic rings. The van der Waals surface area contributed by atoms with Crippen LogP contribution in [0.2, 0.25) is 10.0 Å². The van der Waals surface area contributed by atoms with Gasteiger partial charge in [0.2, 0.25) is 0 Å². The van der Waals surface area contributed by atoms with Crippen molar-refractivity contribution in [3.8, 4) is 0 Å². The van der Waals surface area contributed by atoms with Crippen LogP contribution in [-0.4, -0.2) is 8.42 Å². The van der Waals surface area contributed by atoms with Gasteiger partial charge in [0.05, 0.1) is 16.4 Å². The van der Waals surface area contributed by atoms with Crippen molar-refractivity contribution < 1.29 is 17.2 Å². The first-order valence-corrected chi connectivity index (χ1v) is 7.67. The van der Waals surface area contributed by atoms with Gasteiger partial charge in [-0.2, -0.15) is 0 Å². The van der Waals surface area contributed by atoms with Gasteiger partial charge in [-0.15, -0.1) is 0 Å². The lowest BCUT2D eigenvalue weighted by Gasteiger charge is -2.11. The van der Waals surface area contributed by atoms with E-state index in [1.54, 1.807) is 0 Å². The molecule has 3 N–H and O–H groups in total. The predicted octanol–water partition coefficient (Wildman–Crippen LogP) is 3.65. The Kier molecular flexibility index (Phi) is 4.27. The Morgan fingerprint density at radius 2 is 1.76 bits per heavy atom. The third-order valence-electron chi connectivity index (χ3n) is 2.50. The summed E-state index contributed by atoms with van der Waals surface area (Å²) in [6, 6.07) is 5.03. The molecule has 0 bridgehead atoms. The molecule has 0 aliphatic rings. The van der Waals surface area contributed by atoms with Crippen LogP contribution in [0, 0.1) is 11.6 Å². The van der Waals surface area contributed by atoms with Crippen molar-refractivity contribution in [1.29, 1.82) is 0 Å². The van der Waals surface area contributed by atoms with Gasteiger partial charge in [0.1, 0.15) is 10.7 Å². The maximum atomic E-state index is 13.8. The molecule has 0 spiro atoms. The number of rotatable bonds is 3. The van der Waals surface area contributed by atoms with Crippen molar-refractivity contribution in [1.82, 2.24) is 0 Å². The number of nitrogen functional groups attached to an aromatic ring is 1. The molecule has 9 heteroatoms. The Labute approximate surface area is 129 Å². The summed E-state index contributed by atoms with van der Waals surface area (Å²) in [5.74, 6) is -1.77. The molecule has 0 amide bonds. The topological polar surface area (TPSA) is 72.2 Å². The Balaban J connectivity index is 2.48. The lowest BCUT2D eigenvalue weighted by atomic mass is 10.3. The second kappa shape index (κ2) is 5.67. The molecule has 4 nitrogen and oxygen atoms in total. The van der Waals surface area contributed by atoms with Crippen molar-refractivity contribution in [3.05, 3.63) is 52.0 Å². The first-order valence-electron chi connectivity index (χ1n) is 5.43. The van der Waals surface area contributed by atoms with E-state index in [0.29, 0.717) is 0 Å². The van der Waals surface area contributed by atoms with E-state index in [4.69, 9.17) is 28.9 Å². The van der Waals surface area contributed by atoms with Crippen LogP contribution in [0.25, 0.3) is 0 Å². The van der Waals surface area contributed by atoms with Crippen molar-refractivity contribution in [2.75, 3.05) is 10.5 Å². The third kappa shape index (κ3) is 3.37. The molecule has 0 saturated heterocycles. The molecule has 0 fully saturated rings. The fraction of sp³-hybridized carbons (Fsp3) is 0.